The van der Waals surface area contributed by atoms with E-state index in [0.29, 0.717) is 0 Å². The van der Waals surface area contributed by atoms with E-state index in [1.54, 1.807) is 0 Å². The summed E-state index contributed by atoms with van der Waals surface area (Å²) in [5, 5.41) is -1.19. The van der Waals surface area contributed by atoms with E-state index in [2.05, 4.69) is 26.3 Å². The maximum absolute atomic E-state index is 13.7. The van der Waals surface area contributed by atoms with Crippen molar-refractivity contribution in [3.8, 4) is 0 Å². The molecular weight excluding hydrogens is 398 g/mol. The highest BCUT2D eigenvalue weighted by molar-refractivity contribution is 7.72. The molecule has 0 aromatic heterocycles. The average Bonchev–Trinajstić information content (AvgIpc) is 2.72. The summed E-state index contributed by atoms with van der Waals surface area (Å²) in [6.07, 6.45) is 5.83. The zero-order valence-corrected chi connectivity index (χ0v) is 17.8. The van der Waals surface area contributed by atoms with Gasteiger partial charge in [-0.2, -0.15) is 0 Å². The van der Waals surface area contributed by atoms with Crippen molar-refractivity contribution >= 4 is 15.2 Å². The molecule has 0 saturated carbocycles. The lowest BCUT2D eigenvalue weighted by molar-refractivity contribution is 0.210. The van der Waals surface area contributed by atoms with Crippen molar-refractivity contribution in [1.29, 1.82) is 0 Å². The summed E-state index contributed by atoms with van der Waals surface area (Å²) in [7, 11) is -7.91. The fraction of sp³-hybridized carbons (Fsp3) is 0.300. The third-order valence-corrected chi connectivity index (χ3v) is 9.04. The highest BCUT2D eigenvalue weighted by Crippen LogP contribution is 2.71. The fourth-order valence-corrected chi connectivity index (χ4v) is 7.41. The molecule has 0 aliphatic rings. The van der Waals surface area contributed by atoms with Gasteiger partial charge in [-0.25, -0.2) is 0 Å². The molecule has 28 heavy (non-hydrogen) atoms. The van der Waals surface area contributed by atoms with Crippen LogP contribution in [0.4, 0.5) is 0 Å². The highest BCUT2D eigenvalue weighted by atomic mass is 31.2. The van der Waals surface area contributed by atoms with E-state index in [1.165, 1.54) is 24.3 Å². The Balaban J connectivity index is 3.43. The van der Waals surface area contributed by atoms with Gasteiger partial charge in [0, 0.05) is 0 Å². The van der Waals surface area contributed by atoms with Gasteiger partial charge >= 0.3 is 15.2 Å². The standard InChI is InChI=1S/C20H28O6P2/c1-5-14-23-27(21,24-15-6-2)20(18-19-12-10-9-11-13-19)28(22,25-16-7-3)26-17-8-4/h5-13,20H,1-4,14-18H2. The lowest BCUT2D eigenvalue weighted by Crippen LogP contribution is -2.20. The molecule has 0 radical (unpaired) electrons. The number of hydrogen-bond donors (Lipinski definition) is 0. The minimum absolute atomic E-state index is 0.0529. The molecule has 8 heteroatoms. The predicted octanol–water partition coefficient (Wildman–Crippen LogP) is 5.75. The average molecular weight is 426 g/mol. The Kier molecular flexibility index (Phi) is 11.2. The highest BCUT2D eigenvalue weighted by Gasteiger charge is 2.50. The molecule has 0 fully saturated rings. The van der Waals surface area contributed by atoms with Crippen LogP contribution >= 0.6 is 15.2 Å². The van der Waals surface area contributed by atoms with Gasteiger partial charge in [0.15, 0.2) is 5.40 Å². The summed E-state index contributed by atoms with van der Waals surface area (Å²) in [5.74, 6) is 0. The molecule has 0 atom stereocenters. The van der Waals surface area contributed by atoms with Crippen molar-refractivity contribution in [1.82, 2.24) is 0 Å². The summed E-state index contributed by atoms with van der Waals surface area (Å²) in [6.45, 7) is 14.1. The van der Waals surface area contributed by atoms with Crippen molar-refractivity contribution in [2.24, 2.45) is 0 Å². The Labute approximate surface area is 167 Å². The molecule has 0 heterocycles. The van der Waals surface area contributed by atoms with Gasteiger partial charge in [-0.1, -0.05) is 54.6 Å². The van der Waals surface area contributed by atoms with Crippen LogP contribution in [-0.2, 0) is 33.6 Å². The van der Waals surface area contributed by atoms with Crippen LogP contribution in [0.1, 0.15) is 5.56 Å². The van der Waals surface area contributed by atoms with Crippen LogP contribution in [0.3, 0.4) is 0 Å². The molecule has 0 aliphatic heterocycles. The molecule has 0 bridgehead atoms. The number of hydrogen-bond acceptors (Lipinski definition) is 6. The summed E-state index contributed by atoms with van der Waals surface area (Å²) < 4.78 is 49.4. The molecule has 1 aromatic rings. The largest absolute Gasteiger partial charge is 0.346 e. The van der Waals surface area contributed by atoms with Crippen LogP contribution in [0.15, 0.2) is 81.0 Å². The summed E-state index contributed by atoms with van der Waals surface area (Å²) in [4.78, 5) is 0. The van der Waals surface area contributed by atoms with Gasteiger partial charge in [-0.3, -0.25) is 9.13 Å². The lowest BCUT2D eigenvalue weighted by Gasteiger charge is -2.31. The van der Waals surface area contributed by atoms with E-state index in [0.717, 1.165) is 5.56 Å². The van der Waals surface area contributed by atoms with E-state index in [-0.39, 0.29) is 32.8 Å². The van der Waals surface area contributed by atoms with E-state index < -0.39 is 20.6 Å². The summed E-state index contributed by atoms with van der Waals surface area (Å²) >= 11 is 0. The Hall–Kier alpha value is -1.52. The normalized spacial score (nSPS) is 11.9. The second-order valence-electron chi connectivity index (χ2n) is 5.59. The van der Waals surface area contributed by atoms with Gasteiger partial charge in [-0.05, 0) is 12.0 Å². The topological polar surface area (TPSA) is 71.1 Å². The van der Waals surface area contributed by atoms with E-state index in [4.69, 9.17) is 18.1 Å². The van der Waals surface area contributed by atoms with Crippen LogP contribution in [0, 0.1) is 0 Å². The second-order valence-corrected chi connectivity index (χ2v) is 10.4. The van der Waals surface area contributed by atoms with Crippen molar-refractivity contribution in [3.63, 3.8) is 0 Å². The molecule has 1 rings (SSSR count). The molecule has 0 saturated heterocycles. The molecule has 0 spiro atoms. The number of rotatable bonds is 16. The predicted molar refractivity (Wildman–Crippen MR) is 114 cm³/mol. The third kappa shape index (κ3) is 7.48. The quantitative estimate of drug-likeness (QED) is 0.248. The van der Waals surface area contributed by atoms with Crippen molar-refractivity contribution in [2.45, 2.75) is 11.8 Å². The smallest absolute Gasteiger partial charge is 0.304 e. The Morgan fingerprint density at radius 3 is 1.39 bits per heavy atom. The molecule has 6 nitrogen and oxygen atoms in total. The maximum atomic E-state index is 13.7. The third-order valence-electron chi connectivity index (χ3n) is 3.48. The molecule has 154 valence electrons. The van der Waals surface area contributed by atoms with E-state index >= 15 is 0 Å². The van der Waals surface area contributed by atoms with Crippen LogP contribution in [0.2, 0.25) is 0 Å². The van der Waals surface area contributed by atoms with E-state index in [9.17, 15) is 9.13 Å². The zero-order valence-electron chi connectivity index (χ0n) is 16.0. The minimum Gasteiger partial charge on any atom is -0.304 e. The van der Waals surface area contributed by atoms with Gasteiger partial charge < -0.3 is 18.1 Å². The van der Waals surface area contributed by atoms with E-state index in [1.807, 2.05) is 30.3 Å². The van der Waals surface area contributed by atoms with Crippen LogP contribution in [-0.4, -0.2) is 31.8 Å². The Bertz CT molecular complexity index is 657. The first-order valence-corrected chi connectivity index (χ1v) is 11.9. The van der Waals surface area contributed by atoms with Crippen LogP contribution in [0.5, 0.6) is 0 Å². The monoisotopic (exact) mass is 426 g/mol. The Morgan fingerprint density at radius 2 is 1.07 bits per heavy atom. The molecule has 0 amide bonds. The first-order valence-electron chi connectivity index (χ1n) is 8.71. The minimum atomic E-state index is -3.95. The summed E-state index contributed by atoms with van der Waals surface area (Å²) in [6, 6.07) is 9.15. The van der Waals surface area contributed by atoms with Crippen LogP contribution < -0.4 is 0 Å². The van der Waals surface area contributed by atoms with Crippen molar-refractivity contribution < 1.29 is 27.2 Å². The lowest BCUT2D eigenvalue weighted by atomic mass is 10.2. The zero-order chi connectivity index (χ0) is 20.9. The number of benzene rings is 1. The van der Waals surface area contributed by atoms with Crippen molar-refractivity contribution in [2.75, 3.05) is 26.4 Å². The Morgan fingerprint density at radius 1 is 0.714 bits per heavy atom. The maximum Gasteiger partial charge on any atom is 0.346 e. The second kappa shape index (κ2) is 12.8. The SMILES string of the molecule is C=CCOP(=O)(OCC=C)C(Cc1ccccc1)P(=O)(OCC=C)OCC=C. The summed E-state index contributed by atoms with van der Waals surface area (Å²) in [5.41, 5.74) is 0.779. The fourth-order valence-electron chi connectivity index (χ4n) is 2.27. The van der Waals surface area contributed by atoms with Gasteiger partial charge in [0.05, 0.1) is 26.4 Å². The van der Waals surface area contributed by atoms with Gasteiger partial charge in [-0.15, -0.1) is 26.3 Å². The molecule has 0 N–H and O–H groups in total. The van der Waals surface area contributed by atoms with Gasteiger partial charge in [0.2, 0.25) is 0 Å². The molecule has 0 aliphatic carbocycles. The van der Waals surface area contributed by atoms with Crippen LogP contribution in [0.25, 0.3) is 0 Å². The first-order chi connectivity index (χ1) is 13.5. The molecule has 1 aromatic carbocycles. The molecule has 0 unspecified atom stereocenters. The van der Waals surface area contributed by atoms with Crippen molar-refractivity contribution in [3.05, 3.63) is 86.5 Å². The molecular formula is C20H28O6P2. The first kappa shape index (κ1) is 24.5. The van der Waals surface area contributed by atoms with Gasteiger partial charge in [0.1, 0.15) is 0 Å². The van der Waals surface area contributed by atoms with Gasteiger partial charge in [0.25, 0.3) is 0 Å².